The topological polar surface area (TPSA) is 65.0 Å². The average molecular weight is 270 g/mol. The Labute approximate surface area is 113 Å². The third kappa shape index (κ3) is 2.77. The Morgan fingerprint density at radius 1 is 1.53 bits per heavy atom. The van der Waals surface area contributed by atoms with Crippen molar-refractivity contribution < 1.29 is 24.1 Å². The van der Waals surface area contributed by atoms with Crippen LogP contribution in [0, 0.1) is 17.8 Å². The average Bonchev–Trinajstić information content (AvgIpc) is 2.82. The Balaban J connectivity index is 2.22. The first-order valence-electron chi connectivity index (χ1n) is 6.78. The molecule has 0 saturated heterocycles. The van der Waals surface area contributed by atoms with Gasteiger partial charge in [0, 0.05) is 18.4 Å². The number of ether oxygens (including phenoxy) is 3. The van der Waals surface area contributed by atoms with Gasteiger partial charge in [0.15, 0.2) is 0 Å². The maximum atomic E-state index is 11.8. The molecular weight excluding hydrogens is 248 g/mol. The second-order valence-electron chi connectivity index (χ2n) is 5.46. The van der Waals surface area contributed by atoms with Crippen LogP contribution in [0.5, 0.6) is 0 Å². The summed E-state index contributed by atoms with van der Waals surface area (Å²) < 4.78 is 16.1. The van der Waals surface area contributed by atoms with E-state index in [1.165, 1.54) is 13.4 Å². The fourth-order valence-corrected chi connectivity index (χ4v) is 3.12. The quantitative estimate of drug-likeness (QED) is 0.783. The number of carbonyl (C=O) groups excluding carboxylic acids is 1. The van der Waals surface area contributed by atoms with Crippen LogP contribution >= 0.6 is 0 Å². The minimum atomic E-state index is -0.391. The van der Waals surface area contributed by atoms with Crippen LogP contribution in [-0.4, -0.2) is 37.2 Å². The lowest BCUT2D eigenvalue weighted by Crippen LogP contribution is -2.40. The molecule has 108 valence electrons. The molecule has 1 saturated carbocycles. The molecule has 5 heteroatoms. The Kier molecular flexibility index (Phi) is 4.47. The number of esters is 1. The minimum absolute atomic E-state index is 0.0199. The molecule has 5 nitrogen and oxygen atoms in total. The van der Waals surface area contributed by atoms with Crippen LogP contribution in [-0.2, 0) is 19.0 Å². The first kappa shape index (κ1) is 14.3. The van der Waals surface area contributed by atoms with Gasteiger partial charge in [-0.2, -0.15) is 0 Å². The van der Waals surface area contributed by atoms with Gasteiger partial charge in [0.05, 0.1) is 25.0 Å². The number of methoxy groups -OCH3 is 1. The Bertz CT molecular complexity index is 363. The smallest absolute Gasteiger partial charge is 0.337 e. The predicted molar refractivity (Wildman–Crippen MR) is 68.0 cm³/mol. The van der Waals surface area contributed by atoms with Crippen molar-refractivity contribution in [1.82, 2.24) is 0 Å². The second-order valence-corrected chi connectivity index (χ2v) is 5.46. The summed E-state index contributed by atoms with van der Waals surface area (Å²) in [4.78, 5) is 11.8. The summed E-state index contributed by atoms with van der Waals surface area (Å²) in [5, 5.41) is 9.49. The van der Waals surface area contributed by atoms with E-state index in [1.807, 2.05) is 13.8 Å². The van der Waals surface area contributed by atoms with Crippen molar-refractivity contribution in [2.45, 2.75) is 39.1 Å². The molecule has 0 aromatic carbocycles. The first-order valence-corrected chi connectivity index (χ1v) is 6.78. The second kappa shape index (κ2) is 5.92. The highest BCUT2D eigenvalue weighted by Crippen LogP contribution is 2.47. The van der Waals surface area contributed by atoms with E-state index in [0.29, 0.717) is 5.57 Å². The van der Waals surface area contributed by atoms with Gasteiger partial charge in [-0.1, -0.05) is 0 Å². The monoisotopic (exact) mass is 270 g/mol. The van der Waals surface area contributed by atoms with Gasteiger partial charge in [-0.05, 0) is 32.6 Å². The number of rotatable bonds is 4. The number of fused-ring (bicyclic) bond motifs is 1. The van der Waals surface area contributed by atoms with E-state index >= 15 is 0 Å². The summed E-state index contributed by atoms with van der Waals surface area (Å²) in [6.07, 6.45) is 2.86. The van der Waals surface area contributed by atoms with E-state index < -0.39 is 6.29 Å². The molecule has 0 aromatic heterocycles. The normalized spacial score (nSPS) is 33.6. The van der Waals surface area contributed by atoms with E-state index in [9.17, 15) is 9.90 Å². The Morgan fingerprint density at radius 3 is 2.84 bits per heavy atom. The van der Waals surface area contributed by atoms with Gasteiger partial charge in [0.1, 0.15) is 0 Å². The van der Waals surface area contributed by atoms with Crippen molar-refractivity contribution >= 4 is 5.97 Å². The number of hydrogen-bond acceptors (Lipinski definition) is 5. The molecule has 2 aliphatic rings. The van der Waals surface area contributed by atoms with Crippen LogP contribution in [0.4, 0.5) is 0 Å². The summed E-state index contributed by atoms with van der Waals surface area (Å²) in [7, 11) is 1.37. The molecule has 4 unspecified atom stereocenters. The molecule has 2 rings (SSSR count). The SMILES string of the molecule is COC(=O)C1=COC(OC(C)C)C2C(CO)CCC12. The summed E-state index contributed by atoms with van der Waals surface area (Å²) in [5.41, 5.74) is 0.562. The fraction of sp³-hybridized carbons (Fsp3) is 0.786. The highest BCUT2D eigenvalue weighted by atomic mass is 16.7. The van der Waals surface area contributed by atoms with E-state index in [-0.39, 0.29) is 36.4 Å². The highest BCUT2D eigenvalue weighted by Gasteiger charge is 2.48. The van der Waals surface area contributed by atoms with Crippen molar-refractivity contribution in [2.24, 2.45) is 17.8 Å². The van der Waals surface area contributed by atoms with Gasteiger partial charge < -0.3 is 19.3 Å². The van der Waals surface area contributed by atoms with Crippen LogP contribution in [0.15, 0.2) is 11.8 Å². The number of hydrogen-bond donors (Lipinski definition) is 1. The maximum absolute atomic E-state index is 11.8. The van der Waals surface area contributed by atoms with Crippen molar-refractivity contribution in [2.75, 3.05) is 13.7 Å². The standard InChI is InChI=1S/C14H22O5/c1-8(2)19-14-12-9(6-15)4-5-10(12)11(7-18-14)13(16)17-3/h7-10,12,14-15H,4-6H2,1-3H3. The minimum Gasteiger partial charge on any atom is -0.472 e. The molecule has 4 atom stereocenters. The maximum Gasteiger partial charge on any atom is 0.337 e. The molecule has 1 aliphatic carbocycles. The van der Waals surface area contributed by atoms with Gasteiger partial charge in [0.2, 0.25) is 6.29 Å². The fourth-order valence-electron chi connectivity index (χ4n) is 3.12. The van der Waals surface area contributed by atoms with Crippen molar-refractivity contribution in [3.05, 3.63) is 11.8 Å². The van der Waals surface area contributed by atoms with Crippen molar-refractivity contribution in [1.29, 1.82) is 0 Å². The Morgan fingerprint density at radius 2 is 2.26 bits per heavy atom. The molecule has 1 N–H and O–H groups in total. The molecule has 0 radical (unpaired) electrons. The Hall–Kier alpha value is -1.07. The summed E-state index contributed by atoms with van der Waals surface area (Å²) in [5.74, 6) is -0.160. The van der Waals surface area contributed by atoms with Crippen LogP contribution < -0.4 is 0 Å². The molecule has 0 amide bonds. The van der Waals surface area contributed by atoms with Gasteiger partial charge in [0.25, 0.3) is 0 Å². The number of aliphatic hydroxyl groups excluding tert-OH is 1. The van der Waals surface area contributed by atoms with Crippen molar-refractivity contribution in [3.63, 3.8) is 0 Å². The lowest BCUT2D eigenvalue weighted by molar-refractivity contribution is -0.187. The number of aliphatic hydroxyl groups is 1. The van der Waals surface area contributed by atoms with E-state index in [1.54, 1.807) is 0 Å². The summed E-state index contributed by atoms with van der Waals surface area (Å²) in [6, 6.07) is 0. The summed E-state index contributed by atoms with van der Waals surface area (Å²) >= 11 is 0. The predicted octanol–water partition coefficient (Wildman–Crippen LogP) is 1.46. The molecule has 0 bridgehead atoms. The molecule has 1 aliphatic heterocycles. The molecule has 1 fully saturated rings. The first-order chi connectivity index (χ1) is 9.08. The number of carbonyl (C=O) groups is 1. The zero-order valence-electron chi connectivity index (χ0n) is 11.7. The van der Waals surface area contributed by atoms with Gasteiger partial charge >= 0.3 is 5.97 Å². The van der Waals surface area contributed by atoms with E-state index in [2.05, 4.69) is 0 Å². The third-order valence-corrected chi connectivity index (χ3v) is 3.96. The van der Waals surface area contributed by atoms with Gasteiger partial charge in [-0.3, -0.25) is 0 Å². The highest BCUT2D eigenvalue weighted by molar-refractivity contribution is 5.89. The van der Waals surface area contributed by atoms with Crippen LogP contribution in [0.2, 0.25) is 0 Å². The van der Waals surface area contributed by atoms with E-state index in [4.69, 9.17) is 14.2 Å². The largest absolute Gasteiger partial charge is 0.472 e. The lowest BCUT2D eigenvalue weighted by Gasteiger charge is -2.36. The van der Waals surface area contributed by atoms with Crippen LogP contribution in [0.25, 0.3) is 0 Å². The van der Waals surface area contributed by atoms with Crippen LogP contribution in [0.3, 0.4) is 0 Å². The van der Waals surface area contributed by atoms with Gasteiger partial charge in [-0.15, -0.1) is 0 Å². The zero-order chi connectivity index (χ0) is 14.0. The summed E-state index contributed by atoms with van der Waals surface area (Å²) in [6.45, 7) is 3.98. The molecule has 0 spiro atoms. The lowest BCUT2D eigenvalue weighted by atomic mass is 9.83. The van der Waals surface area contributed by atoms with Crippen LogP contribution in [0.1, 0.15) is 26.7 Å². The molecular formula is C14H22O5. The molecule has 0 aromatic rings. The van der Waals surface area contributed by atoms with Gasteiger partial charge in [-0.25, -0.2) is 4.79 Å². The third-order valence-electron chi connectivity index (χ3n) is 3.96. The van der Waals surface area contributed by atoms with E-state index in [0.717, 1.165) is 12.8 Å². The van der Waals surface area contributed by atoms with Crippen molar-refractivity contribution in [3.8, 4) is 0 Å². The molecule has 19 heavy (non-hydrogen) atoms. The molecule has 1 heterocycles. The zero-order valence-corrected chi connectivity index (χ0v) is 11.7.